The Kier molecular flexibility index (Phi) is 17.0. The van der Waals surface area contributed by atoms with E-state index in [0.717, 1.165) is 47.5 Å². The van der Waals surface area contributed by atoms with E-state index in [-0.39, 0.29) is 11.0 Å². The number of rotatable bonds is 18. The molecule has 4 N–H and O–H groups in total. The van der Waals surface area contributed by atoms with Crippen molar-refractivity contribution < 1.29 is 49.4 Å². The molecule has 4 aromatic rings. The summed E-state index contributed by atoms with van der Waals surface area (Å²) in [5.41, 5.74) is -2.09. The quantitative estimate of drug-likeness (QED) is 0.0705. The number of allylic oxidation sites excluding steroid dienone is 1. The first-order valence-electron chi connectivity index (χ1n) is 22.6. The van der Waals surface area contributed by atoms with E-state index in [4.69, 9.17) is 16.3 Å². The molecule has 14 nitrogen and oxygen atoms in total. The van der Waals surface area contributed by atoms with Crippen LogP contribution in [0.5, 0.6) is 0 Å². The number of carbonyl (C=O) groups excluding carboxylic acids is 1. The van der Waals surface area contributed by atoms with Gasteiger partial charge in [0.25, 0.3) is 25.8 Å². The summed E-state index contributed by atoms with van der Waals surface area (Å²) in [4.78, 5) is 30.2. The SMILES string of the molecule is CC1(CNC(=O)O)CCC(c2ccc(Cl)cc2)=C(CN2CCN(c3ccc(C(=O)NS(=O)(=O)c4ccc(N[C@H](CCN5CCOCC5)CSc5ccccc5)c(S(=O)(=O)C(F)(F)F)c4)cc3)CC2)C1. The maximum atomic E-state index is 14.2. The van der Waals surface area contributed by atoms with Crippen LogP contribution in [0.4, 0.5) is 29.3 Å². The number of sulfonamides is 1. The zero-order valence-electron chi connectivity index (χ0n) is 38.0. The molecule has 2 amide bonds. The molecule has 3 aliphatic rings. The third-order valence-corrected chi connectivity index (χ3v) is 17.0. The van der Waals surface area contributed by atoms with E-state index in [1.165, 1.54) is 35.0 Å². The Hall–Kier alpha value is -4.83. The predicted molar refractivity (Wildman–Crippen MR) is 262 cm³/mol. The molecule has 0 aromatic heterocycles. The van der Waals surface area contributed by atoms with E-state index in [2.05, 4.69) is 32.3 Å². The summed E-state index contributed by atoms with van der Waals surface area (Å²) in [5, 5.41) is 15.5. The van der Waals surface area contributed by atoms with Gasteiger partial charge in [-0.05, 0) is 109 Å². The van der Waals surface area contributed by atoms with E-state index in [0.29, 0.717) is 95.4 Å². The van der Waals surface area contributed by atoms with Crippen LogP contribution in [0, 0.1) is 5.41 Å². The molecule has 0 saturated carbocycles. The number of carboxylic acid groups (broad SMARTS) is 1. The van der Waals surface area contributed by atoms with Crippen LogP contribution < -0.4 is 20.3 Å². The molecule has 2 saturated heterocycles. The second kappa shape index (κ2) is 22.5. The van der Waals surface area contributed by atoms with Crippen LogP contribution in [0.1, 0.15) is 48.5 Å². The number of alkyl halides is 3. The summed E-state index contributed by atoms with van der Waals surface area (Å²) in [5.74, 6) is -0.704. The Balaban J connectivity index is 1.01. The first-order chi connectivity index (χ1) is 32.8. The van der Waals surface area contributed by atoms with Crippen molar-refractivity contribution in [2.45, 2.75) is 58.8 Å². The highest BCUT2D eigenvalue weighted by molar-refractivity contribution is 7.99. The Morgan fingerprint density at radius 1 is 0.884 bits per heavy atom. The number of thioether (sulfide) groups is 1. The van der Waals surface area contributed by atoms with Crippen molar-refractivity contribution in [1.82, 2.24) is 19.8 Å². The van der Waals surface area contributed by atoms with E-state index in [1.54, 1.807) is 12.1 Å². The van der Waals surface area contributed by atoms with Crippen LogP contribution in [-0.2, 0) is 24.6 Å². The summed E-state index contributed by atoms with van der Waals surface area (Å²) in [7, 11) is -11.0. The zero-order chi connectivity index (χ0) is 49.4. The molecule has 21 heteroatoms. The van der Waals surface area contributed by atoms with Crippen LogP contribution in [0.3, 0.4) is 0 Å². The molecule has 372 valence electrons. The van der Waals surface area contributed by atoms with Gasteiger partial charge in [0, 0.05) is 91.9 Å². The molecule has 7 rings (SSSR count). The molecule has 0 bridgehead atoms. The van der Waals surface area contributed by atoms with Crippen molar-refractivity contribution in [2.75, 3.05) is 88.1 Å². The maximum absolute atomic E-state index is 14.2. The maximum Gasteiger partial charge on any atom is 0.501 e. The van der Waals surface area contributed by atoms with Gasteiger partial charge < -0.3 is 25.4 Å². The molecule has 69 heavy (non-hydrogen) atoms. The number of nitrogens with zero attached hydrogens (tertiary/aromatic N) is 3. The van der Waals surface area contributed by atoms with Crippen molar-refractivity contribution in [3.63, 3.8) is 0 Å². The molecule has 2 aliphatic heterocycles. The summed E-state index contributed by atoms with van der Waals surface area (Å²) < 4.78 is 103. The summed E-state index contributed by atoms with van der Waals surface area (Å²) in [6.45, 7) is 8.83. The van der Waals surface area contributed by atoms with Gasteiger partial charge in [-0.15, -0.1) is 11.8 Å². The molecule has 1 aliphatic carbocycles. The lowest BCUT2D eigenvalue weighted by molar-refractivity contribution is -0.0436. The lowest BCUT2D eigenvalue weighted by Crippen LogP contribution is -2.47. The monoisotopic (exact) mass is 1030 g/mol. The number of piperazine rings is 1. The topological polar surface area (TPSA) is 178 Å². The molecule has 4 aromatic carbocycles. The van der Waals surface area contributed by atoms with Gasteiger partial charge in [0.1, 0.15) is 4.90 Å². The fourth-order valence-corrected chi connectivity index (χ4v) is 12.0. The molecule has 2 fully saturated rings. The molecule has 0 spiro atoms. The Morgan fingerprint density at radius 2 is 1.57 bits per heavy atom. The second-order valence-electron chi connectivity index (χ2n) is 17.8. The van der Waals surface area contributed by atoms with Crippen LogP contribution in [0.25, 0.3) is 5.57 Å². The van der Waals surface area contributed by atoms with Crippen molar-refractivity contribution in [2.24, 2.45) is 5.41 Å². The average Bonchev–Trinajstić information content (AvgIpc) is 3.32. The van der Waals surface area contributed by atoms with Gasteiger partial charge in [-0.3, -0.25) is 14.6 Å². The van der Waals surface area contributed by atoms with Gasteiger partial charge in [-0.25, -0.2) is 26.4 Å². The number of morpholine rings is 1. The van der Waals surface area contributed by atoms with Crippen molar-refractivity contribution in [3.8, 4) is 0 Å². The number of benzene rings is 4. The van der Waals surface area contributed by atoms with Crippen molar-refractivity contribution in [1.29, 1.82) is 0 Å². The first-order valence-corrected chi connectivity index (χ1v) is 26.9. The van der Waals surface area contributed by atoms with Crippen LogP contribution in [0.15, 0.2) is 117 Å². The first kappa shape index (κ1) is 52.0. The molecular formula is C48H56ClF3N6O8S3. The highest BCUT2D eigenvalue weighted by Gasteiger charge is 2.48. The number of carbonyl (C=O) groups is 2. The van der Waals surface area contributed by atoms with Gasteiger partial charge in [0.15, 0.2) is 0 Å². The fourth-order valence-electron chi connectivity index (χ4n) is 8.83. The lowest BCUT2D eigenvalue weighted by atomic mass is 9.71. The minimum atomic E-state index is -6.08. The number of amides is 2. The van der Waals surface area contributed by atoms with Gasteiger partial charge in [0.05, 0.1) is 23.8 Å². The largest absolute Gasteiger partial charge is 0.501 e. The van der Waals surface area contributed by atoms with Crippen molar-refractivity contribution >= 4 is 72.2 Å². The standard InChI is InChI=1S/C48H56ClF3N6O8S3/c1-47(33-53-46(60)61)19-17-42(34-7-11-37(49)12-8-34)36(30-47)31-57-21-23-58(24-22-57)39-13-9-35(10-14-39)45(59)55-69(64,65)41-15-16-43(44(29-41)68(62,63)48(50,51)52)54-38(18-20-56-25-27-66-28-26-56)32-67-40-5-3-2-4-6-40/h2-16,29,38,53-54H,17-28,30-33H2,1H3,(H,55,59)(H,60,61)/t38-,47?/m1/s1. The number of nitrogens with one attached hydrogen (secondary N) is 3. The third-order valence-electron chi connectivity index (χ3n) is 12.7. The zero-order valence-corrected chi connectivity index (χ0v) is 41.2. The number of sulfone groups is 1. The van der Waals surface area contributed by atoms with Crippen LogP contribution in [-0.4, -0.2) is 133 Å². The Labute approximate surface area is 410 Å². The Bertz CT molecular complexity index is 2690. The van der Waals surface area contributed by atoms with Gasteiger partial charge >= 0.3 is 11.6 Å². The fraction of sp³-hybridized carbons (Fsp3) is 0.417. The molecule has 1 unspecified atom stereocenters. The molecule has 2 heterocycles. The second-order valence-corrected chi connectivity index (χ2v) is 22.9. The summed E-state index contributed by atoms with van der Waals surface area (Å²) >= 11 is 7.63. The van der Waals surface area contributed by atoms with Crippen LogP contribution >= 0.6 is 23.4 Å². The normalized spacial score (nSPS) is 19.2. The van der Waals surface area contributed by atoms with Gasteiger partial charge in [0.2, 0.25) is 0 Å². The van der Waals surface area contributed by atoms with E-state index in [1.807, 2.05) is 59.3 Å². The molecule has 0 radical (unpaired) electrons. The van der Waals surface area contributed by atoms with Crippen LogP contribution in [0.2, 0.25) is 5.02 Å². The van der Waals surface area contributed by atoms with E-state index < -0.39 is 58.9 Å². The highest BCUT2D eigenvalue weighted by Crippen LogP contribution is 2.43. The van der Waals surface area contributed by atoms with Gasteiger partial charge in [-0.2, -0.15) is 13.2 Å². The highest BCUT2D eigenvalue weighted by atomic mass is 35.5. The van der Waals surface area contributed by atoms with Crippen molar-refractivity contribution in [3.05, 3.63) is 119 Å². The summed E-state index contributed by atoms with van der Waals surface area (Å²) in [6, 6.07) is 25.2. The van der Waals surface area contributed by atoms with E-state index in [9.17, 15) is 44.7 Å². The summed E-state index contributed by atoms with van der Waals surface area (Å²) in [6.07, 6.45) is 1.73. The average molecular weight is 1030 g/mol. The van der Waals surface area contributed by atoms with Gasteiger partial charge in [-0.1, -0.05) is 54.4 Å². The minimum Gasteiger partial charge on any atom is -0.465 e. The lowest BCUT2D eigenvalue weighted by Gasteiger charge is -2.40. The third kappa shape index (κ3) is 13.7. The molecule has 2 atom stereocenters. The number of hydrogen-bond acceptors (Lipinski definition) is 12. The number of anilines is 2. The van der Waals surface area contributed by atoms with E-state index >= 15 is 0 Å². The predicted octanol–water partition coefficient (Wildman–Crippen LogP) is 8.08. The number of halogens is 4. The molecular weight excluding hydrogens is 977 g/mol. The number of hydrogen-bond donors (Lipinski definition) is 4. The smallest absolute Gasteiger partial charge is 0.465 e. The Morgan fingerprint density at radius 3 is 2.22 bits per heavy atom. The number of ether oxygens (including phenoxy) is 1. The minimum absolute atomic E-state index is 0.0409.